The first-order chi connectivity index (χ1) is 7.65. The summed E-state index contributed by atoms with van der Waals surface area (Å²) in [5, 5.41) is 0. The molecule has 88 valence electrons. The molecule has 3 nitrogen and oxygen atoms in total. The minimum atomic E-state index is -0.833. The van der Waals surface area contributed by atoms with Crippen molar-refractivity contribution in [2.75, 3.05) is 6.61 Å². The summed E-state index contributed by atoms with van der Waals surface area (Å²) >= 11 is 0. The molecule has 16 heavy (non-hydrogen) atoms. The van der Waals surface area contributed by atoms with Crippen molar-refractivity contribution in [3.63, 3.8) is 0 Å². The molecule has 2 aliphatic rings. The van der Waals surface area contributed by atoms with Gasteiger partial charge in [0.15, 0.2) is 5.78 Å². The summed E-state index contributed by atoms with van der Waals surface area (Å²) in [5.41, 5.74) is 0.302. The van der Waals surface area contributed by atoms with Gasteiger partial charge in [0.2, 0.25) is 0 Å². The molecule has 3 heteroatoms. The predicted octanol–water partition coefficient (Wildman–Crippen LogP) is 2.26. The van der Waals surface area contributed by atoms with Crippen LogP contribution in [0.2, 0.25) is 0 Å². The largest absolute Gasteiger partial charge is 0.465 e. The van der Waals surface area contributed by atoms with E-state index in [0.29, 0.717) is 19.4 Å². The molecule has 0 radical (unpaired) electrons. The molecule has 0 heterocycles. The van der Waals surface area contributed by atoms with Gasteiger partial charge in [0.05, 0.1) is 6.61 Å². The maximum absolute atomic E-state index is 12.3. The van der Waals surface area contributed by atoms with Gasteiger partial charge in [-0.1, -0.05) is 18.1 Å². The van der Waals surface area contributed by atoms with Crippen molar-refractivity contribution >= 4 is 11.8 Å². The van der Waals surface area contributed by atoms with E-state index in [0.717, 1.165) is 18.4 Å². The smallest absolute Gasteiger partial charge is 0.319 e. The van der Waals surface area contributed by atoms with Gasteiger partial charge in [-0.3, -0.25) is 9.59 Å². The van der Waals surface area contributed by atoms with Crippen LogP contribution in [0.4, 0.5) is 0 Å². The van der Waals surface area contributed by atoms with Gasteiger partial charge in [0, 0.05) is 5.92 Å². The molecule has 2 fully saturated rings. The molecule has 0 aromatic rings. The fourth-order valence-corrected chi connectivity index (χ4v) is 3.04. The highest BCUT2D eigenvalue weighted by atomic mass is 16.5. The molecule has 0 aromatic carbocycles. The Bertz CT molecular complexity index is 356. The van der Waals surface area contributed by atoms with Crippen LogP contribution in [0.3, 0.4) is 0 Å². The summed E-state index contributed by atoms with van der Waals surface area (Å²) in [7, 11) is 0. The summed E-state index contributed by atoms with van der Waals surface area (Å²) in [5.74, 6) is -0.213. The van der Waals surface area contributed by atoms with Crippen LogP contribution in [0.15, 0.2) is 11.6 Å². The van der Waals surface area contributed by atoms with Crippen LogP contribution in [0.1, 0.15) is 39.5 Å². The Morgan fingerprint density at radius 2 is 2.38 bits per heavy atom. The molecular weight excluding hydrogens is 204 g/mol. The van der Waals surface area contributed by atoms with E-state index in [1.54, 1.807) is 6.92 Å². The SMILES string of the molecule is C/C=C1/C[C@]2(C(=O)OCC)CCC[C@H]1C2=O. The molecule has 0 amide bonds. The first kappa shape index (κ1) is 11.4. The summed E-state index contributed by atoms with van der Waals surface area (Å²) in [6, 6.07) is 0. The lowest BCUT2D eigenvalue weighted by Crippen LogP contribution is -2.41. The zero-order valence-corrected chi connectivity index (χ0v) is 9.91. The highest BCUT2D eigenvalue weighted by Crippen LogP contribution is 2.52. The van der Waals surface area contributed by atoms with Crippen LogP contribution in [-0.2, 0) is 14.3 Å². The molecule has 0 aliphatic heterocycles. The number of carbonyl (C=O) groups is 2. The summed E-state index contributed by atoms with van der Waals surface area (Å²) < 4.78 is 5.08. The number of rotatable bonds is 2. The molecule has 0 spiro atoms. The molecule has 0 aromatic heterocycles. The number of esters is 1. The molecule has 2 bridgehead atoms. The topological polar surface area (TPSA) is 43.4 Å². The average molecular weight is 222 g/mol. The number of carbonyl (C=O) groups excluding carboxylic acids is 2. The normalized spacial score (nSPS) is 35.5. The van der Waals surface area contributed by atoms with Crippen LogP contribution in [0, 0.1) is 11.3 Å². The van der Waals surface area contributed by atoms with Gasteiger partial charge in [-0.2, -0.15) is 0 Å². The molecule has 2 aliphatic carbocycles. The molecule has 2 rings (SSSR count). The number of hydrogen-bond donors (Lipinski definition) is 0. The standard InChI is InChI=1S/C13H18O3/c1-3-9-8-13(12(15)16-4-2)7-5-6-10(9)11(13)14/h3,10H,4-8H2,1-2H3/b9-3-/t10-,13-/m1/s1. The first-order valence-electron chi connectivity index (χ1n) is 6.02. The number of ether oxygens (including phenoxy) is 1. The maximum Gasteiger partial charge on any atom is 0.319 e. The minimum absolute atomic E-state index is 0.0110. The van der Waals surface area contributed by atoms with Crippen LogP contribution in [0.5, 0.6) is 0 Å². The molecular formula is C13H18O3. The minimum Gasteiger partial charge on any atom is -0.465 e. The van der Waals surface area contributed by atoms with Crippen molar-refractivity contribution in [1.29, 1.82) is 0 Å². The van der Waals surface area contributed by atoms with Gasteiger partial charge >= 0.3 is 5.97 Å². The van der Waals surface area contributed by atoms with Crippen molar-refractivity contribution in [2.45, 2.75) is 39.5 Å². The molecule has 2 saturated carbocycles. The van der Waals surface area contributed by atoms with Crippen molar-refractivity contribution in [3.8, 4) is 0 Å². The summed E-state index contributed by atoms with van der Waals surface area (Å²) in [6.45, 7) is 4.08. The monoisotopic (exact) mass is 222 g/mol. The van der Waals surface area contributed by atoms with E-state index in [-0.39, 0.29) is 17.7 Å². The molecule has 0 saturated heterocycles. The second-order valence-corrected chi connectivity index (χ2v) is 4.65. The lowest BCUT2D eigenvalue weighted by molar-refractivity contribution is -0.161. The molecule has 0 N–H and O–H groups in total. The fourth-order valence-electron chi connectivity index (χ4n) is 3.04. The summed E-state index contributed by atoms with van der Waals surface area (Å²) in [4.78, 5) is 24.2. The third-order valence-electron chi connectivity index (χ3n) is 3.87. The predicted molar refractivity (Wildman–Crippen MR) is 59.8 cm³/mol. The lowest BCUT2D eigenvalue weighted by atomic mass is 9.74. The quantitative estimate of drug-likeness (QED) is 0.409. The Labute approximate surface area is 95.9 Å². The van der Waals surface area contributed by atoms with Crippen LogP contribution in [-0.4, -0.2) is 18.4 Å². The zero-order valence-electron chi connectivity index (χ0n) is 9.91. The second-order valence-electron chi connectivity index (χ2n) is 4.65. The van der Waals surface area contributed by atoms with Crippen molar-refractivity contribution < 1.29 is 14.3 Å². The number of ketones is 1. The number of hydrogen-bond acceptors (Lipinski definition) is 3. The number of fused-ring (bicyclic) bond motifs is 2. The number of Topliss-reactive ketones (excluding diaryl/α,β-unsaturated/α-hetero) is 1. The van der Waals surface area contributed by atoms with Crippen LogP contribution < -0.4 is 0 Å². The Morgan fingerprint density at radius 1 is 1.62 bits per heavy atom. The number of allylic oxidation sites excluding steroid dienone is 2. The van der Waals surface area contributed by atoms with Crippen molar-refractivity contribution in [1.82, 2.24) is 0 Å². The Balaban J connectivity index is 2.33. The maximum atomic E-state index is 12.3. The van der Waals surface area contributed by atoms with Crippen LogP contribution >= 0.6 is 0 Å². The average Bonchev–Trinajstić information content (AvgIpc) is 2.47. The van der Waals surface area contributed by atoms with E-state index in [9.17, 15) is 9.59 Å². The van der Waals surface area contributed by atoms with Gasteiger partial charge in [-0.25, -0.2) is 0 Å². The Hall–Kier alpha value is -1.12. The second kappa shape index (κ2) is 4.04. The van der Waals surface area contributed by atoms with E-state index >= 15 is 0 Å². The van der Waals surface area contributed by atoms with E-state index < -0.39 is 5.41 Å². The molecule has 0 unspecified atom stereocenters. The molecule has 2 atom stereocenters. The lowest BCUT2D eigenvalue weighted by Gasteiger charge is -2.28. The van der Waals surface area contributed by atoms with E-state index in [1.165, 1.54) is 0 Å². The zero-order chi connectivity index (χ0) is 11.8. The van der Waals surface area contributed by atoms with Gasteiger partial charge < -0.3 is 4.74 Å². The van der Waals surface area contributed by atoms with Crippen molar-refractivity contribution in [2.24, 2.45) is 11.3 Å². The fraction of sp³-hybridized carbons (Fsp3) is 0.692. The first-order valence-corrected chi connectivity index (χ1v) is 6.02. The Morgan fingerprint density at radius 3 is 3.00 bits per heavy atom. The van der Waals surface area contributed by atoms with Gasteiger partial charge in [0.25, 0.3) is 0 Å². The van der Waals surface area contributed by atoms with Crippen LogP contribution in [0.25, 0.3) is 0 Å². The van der Waals surface area contributed by atoms with E-state index in [4.69, 9.17) is 4.74 Å². The van der Waals surface area contributed by atoms with E-state index in [1.807, 2.05) is 13.0 Å². The van der Waals surface area contributed by atoms with Gasteiger partial charge in [-0.15, -0.1) is 0 Å². The highest BCUT2D eigenvalue weighted by Gasteiger charge is 2.57. The third-order valence-corrected chi connectivity index (χ3v) is 3.87. The van der Waals surface area contributed by atoms with E-state index in [2.05, 4.69) is 0 Å². The third kappa shape index (κ3) is 1.41. The summed E-state index contributed by atoms with van der Waals surface area (Å²) in [6.07, 6.45) is 5.10. The van der Waals surface area contributed by atoms with Gasteiger partial charge in [-0.05, 0) is 33.1 Å². The van der Waals surface area contributed by atoms with Crippen molar-refractivity contribution in [3.05, 3.63) is 11.6 Å². The van der Waals surface area contributed by atoms with Gasteiger partial charge in [0.1, 0.15) is 5.41 Å². The Kier molecular flexibility index (Phi) is 2.87. The highest BCUT2D eigenvalue weighted by molar-refractivity contribution is 6.09.